The van der Waals surface area contributed by atoms with E-state index >= 15 is 0 Å². The molecule has 0 aliphatic heterocycles. The molecule has 12 nitrogen and oxygen atoms in total. The lowest BCUT2D eigenvalue weighted by Gasteiger charge is -2.13. The lowest BCUT2D eigenvalue weighted by Crippen LogP contribution is -2.04. The van der Waals surface area contributed by atoms with Crippen molar-refractivity contribution in [3.8, 4) is 34.2 Å². The summed E-state index contributed by atoms with van der Waals surface area (Å²) < 4.78 is 5.34. The van der Waals surface area contributed by atoms with Crippen molar-refractivity contribution >= 4 is 99.9 Å². The van der Waals surface area contributed by atoms with E-state index in [1.54, 1.807) is 46.0 Å². The number of aromatic nitrogens is 12. The molecule has 4 heterocycles. The van der Waals surface area contributed by atoms with Gasteiger partial charge in [-0.15, -0.1) is 20.4 Å². The summed E-state index contributed by atoms with van der Waals surface area (Å²) in [4.78, 5) is 3.06. The highest BCUT2D eigenvalue weighted by molar-refractivity contribution is 9.10. The molecule has 0 atom stereocenters. The fraction of sp³-hybridized carbons (Fsp3) is 0.0588. The third-order valence-electron chi connectivity index (χ3n) is 7.83. The molecule has 0 N–H and O–H groups in total. The van der Waals surface area contributed by atoms with Crippen LogP contribution in [0.4, 0.5) is 0 Å². The monoisotopic (exact) mass is 958 g/mol. The first-order valence-corrected chi connectivity index (χ1v) is 20.9. The average Bonchev–Trinajstić information content (AvgIpc) is 3.99. The Morgan fingerprint density at radius 3 is 1.35 bits per heavy atom. The van der Waals surface area contributed by atoms with Gasteiger partial charge in [0, 0.05) is 8.95 Å². The first kappa shape index (κ1) is 37.2. The van der Waals surface area contributed by atoms with Gasteiger partial charge in [-0.1, -0.05) is 115 Å². The molecule has 270 valence electrons. The van der Waals surface area contributed by atoms with Gasteiger partial charge in [0.2, 0.25) is 11.6 Å². The summed E-state index contributed by atoms with van der Waals surface area (Å²) >= 11 is 33.4. The molecular weight excluding hydrogens is 942 g/mol. The van der Waals surface area contributed by atoms with Crippen LogP contribution in [0.25, 0.3) is 34.2 Å². The predicted molar refractivity (Wildman–Crippen MR) is 219 cm³/mol. The van der Waals surface area contributed by atoms with E-state index in [1.165, 1.54) is 31.2 Å². The summed E-state index contributed by atoms with van der Waals surface area (Å²) in [6.45, 7) is 0.842. The molecule has 0 saturated heterocycles. The van der Waals surface area contributed by atoms with E-state index < -0.39 is 0 Å². The van der Waals surface area contributed by atoms with Gasteiger partial charge in [0.1, 0.15) is 10.1 Å². The van der Waals surface area contributed by atoms with Gasteiger partial charge in [-0.05, 0) is 91.7 Å². The van der Waals surface area contributed by atoms with E-state index in [-0.39, 0.29) is 0 Å². The van der Waals surface area contributed by atoms with Crippen LogP contribution in [0, 0.1) is 0 Å². The minimum atomic E-state index is 0.329. The Morgan fingerprint density at radius 1 is 0.537 bits per heavy atom. The van der Waals surface area contributed by atoms with Crippen molar-refractivity contribution in [2.45, 2.75) is 23.1 Å². The van der Waals surface area contributed by atoms with Gasteiger partial charge < -0.3 is 0 Å². The van der Waals surface area contributed by atoms with Crippen molar-refractivity contribution in [2.75, 3.05) is 0 Å². The molecule has 0 saturated carbocycles. The van der Waals surface area contributed by atoms with Crippen LogP contribution in [0.3, 0.4) is 0 Å². The minimum Gasteiger partial charge on any atom is -0.224 e. The smallest absolute Gasteiger partial charge is 0.209 e. The first-order valence-electron chi connectivity index (χ1n) is 15.7. The summed E-state index contributed by atoms with van der Waals surface area (Å²) in [5.41, 5.74) is 4.36. The summed E-state index contributed by atoms with van der Waals surface area (Å²) in [6, 6.07) is 26.5. The molecule has 0 radical (unpaired) electrons. The summed E-state index contributed by atoms with van der Waals surface area (Å²) in [7, 11) is 2.73. The highest BCUT2D eigenvalue weighted by Gasteiger charge is 2.26. The molecule has 0 amide bonds. The topological polar surface area (TPSA) is 123 Å². The van der Waals surface area contributed by atoms with Gasteiger partial charge in [-0.2, -0.15) is 19.8 Å². The fourth-order valence-electron chi connectivity index (χ4n) is 5.22. The van der Waals surface area contributed by atoms with Gasteiger partial charge >= 0.3 is 0 Å². The number of tetrazole rings is 2. The Kier molecular flexibility index (Phi) is 11.1. The largest absolute Gasteiger partial charge is 0.224 e. The van der Waals surface area contributed by atoms with Crippen LogP contribution >= 0.6 is 99.9 Å². The van der Waals surface area contributed by atoms with Crippen LogP contribution in [0.15, 0.2) is 116 Å². The van der Waals surface area contributed by atoms with Crippen molar-refractivity contribution in [1.29, 1.82) is 0 Å². The van der Waals surface area contributed by atoms with E-state index in [4.69, 9.17) is 66.8 Å². The van der Waals surface area contributed by atoms with Crippen LogP contribution in [0.1, 0.15) is 11.1 Å². The van der Waals surface area contributed by atoms with Gasteiger partial charge in [0.25, 0.3) is 0 Å². The van der Waals surface area contributed by atoms with Gasteiger partial charge in [-0.25, -0.2) is 9.36 Å². The van der Waals surface area contributed by atoms with Crippen molar-refractivity contribution in [3.05, 3.63) is 137 Å². The Balaban J connectivity index is 1.19. The summed E-state index contributed by atoms with van der Waals surface area (Å²) in [6.07, 6.45) is 3.34. The maximum Gasteiger partial charge on any atom is 0.209 e. The maximum atomic E-state index is 6.74. The van der Waals surface area contributed by atoms with Crippen molar-refractivity contribution in [2.24, 2.45) is 0 Å². The number of rotatable bonds is 11. The molecule has 0 aliphatic carbocycles. The number of hydrogen-bond acceptors (Lipinski definition) is 10. The third-order valence-corrected chi connectivity index (χ3v) is 12.9. The zero-order valence-electron chi connectivity index (χ0n) is 27.1. The van der Waals surface area contributed by atoms with Crippen LogP contribution in [-0.2, 0) is 13.1 Å². The van der Waals surface area contributed by atoms with E-state index in [2.05, 4.69) is 52.5 Å². The molecular formula is C34H20Br2Cl4N12S2. The van der Waals surface area contributed by atoms with Gasteiger partial charge in [0.05, 0.1) is 68.1 Å². The number of nitrogens with zero attached hydrogens (tertiary/aromatic N) is 12. The lowest BCUT2D eigenvalue weighted by atomic mass is 10.2. The first-order chi connectivity index (χ1) is 26.2. The lowest BCUT2D eigenvalue weighted by molar-refractivity contribution is 0.572. The Labute approximate surface area is 351 Å². The van der Waals surface area contributed by atoms with Gasteiger partial charge in [-0.3, -0.25) is 0 Å². The molecule has 0 bridgehead atoms. The highest BCUT2D eigenvalue weighted by atomic mass is 79.9. The molecule has 54 heavy (non-hydrogen) atoms. The van der Waals surface area contributed by atoms with Crippen LogP contribution in [0.2, 0.25) is 20.1 Å². The third kappa shape index (κ3) is 7.84. The predicted octanol–water partition coefficient (Wildman–Crippen LogP) is 10.4. The highest BCUT2D eigenvalue weighted by Crippen LogP contribution is 2.47. The Hall–Kier alpha value is -3.74. The zero-order chi connectivity index (χ0) is 37.3. The van der Waals surface area contributed by atoms with E-state index in [0.717, 1.165) is 20.1 Å². The zero-order valence-corrected chi connectivity index (χ0v) is 34.9. The second-order valence-electron chi connectivity index (χ2n) is 11.4. The van der Waals surface area contributed by atoms with Crippen LogP contribution < -0.4 is 0 Å². The normalized spacial score (nSPS) is 11.4. The average molecular weight is 962 g/mol. The van der Waals surface area contributed by atoms with Gasteiger partial charge in [0.15, 0.2) is 0 Å². The van der Waals surface area contributed by atoms with E-state index in [0.29, 0.717) is 77.4 Å². The number of halogens is 6. The van der Waals surface area contributed by atoms with E-state index in [1.807, 2.05) is 60.7 Å². The molecule has 0 unspecified atom stereocenters. The van der Waals surface area contributed by atoms with Crippen molar-refractivity contribution in [1.82, 2.24) is 60.0 Å². The molecule has 8 aromatic rings. The fourth-order valence-corrected chi connectivity index (χ4v) is 8.99. The summed E-state index contributed by atoms with van der Waals surface area (Å²) in [5.74, 6) is 0.729. The SMILES string of the molecule is Clc1cccc(-n2ncc(-c3nnn(Cc4ccc(Br)cc4)n3)c2SSc2c(-c3nnn(Cc4ccc(Br)cc4)n3)cnn2-c2cccc(Cl)c2Cl)c1Cl. The molecule has 0 aliphatic rings. The van der Waals surface area contributed by atoms with Crippen LogP contribution in [-0.4, -0.2) is 60.0 Å². The van der Waals surface area contributed by atoms with Crippen molar-refractivity contribution < 1.29 is 0 Å². The maximum absolute atomic E-state index is 6.74. The standard InChI is InChI=1S/C34H20Br2Cl4N12S2/c35-21-11-7-19(8-12-21)17-49-45-31(43-47-49)23-15-41-51(27-5-1-3-25(37)29(27)39)33(23)53-54-34-24(16-42-52(34)28-6-2-4-26(38)30(28)40)32-44-48-50(46-32)18-20-9-13-22(36)14-10-20/h1-16H,17-18H2. The summed E-state index contributed by atoms with van der Waals surface area (Å²) in [5, 5.41) is 39.0. The van der Waals surface area contributed by atoms with Crippen molar-refractivity contribution in [3.63, 3.8) is 0 Å². The Morgan fingerprint density at radius 2 is 0.944 bits per heavy atom. The van der Waals surface area contributed by atoms with E-state index in [9.17, 15) is 0 Å². The molecule has 4 aromatic carbocycles. The molecule has 4 aromatic heterocycles. The van der Waals surface area contributed by atoms with Crippen LogP contribution in [0.5, 0.6) is 0 Å². The molecule has 8 rings (SSSR count). The second kappa shape index (κ2) is 16.2. The number of hydrogen-bond donors (Lipinski definition) is 0. The molecule has 0 fully saturated rings. The quantitative estimate of drug-likeness (QED) is 0.116. The molecule has 0 spiro atoms. The minimum absolute atomic E-state index is 0.329. The number of benzene rings is 4. The Bertz CT molecular complexity index is 2430. The molecule has 20 heteroatoms. The second-order valence-corrected chi connectivity index (χ2v) is 16.9.